The highest BCUT2D eigenvalue weighted by Gasteiger charge is 2.35. The van der Waals surface area contributed by atoms with Gasteiger partial charge in [-0.3, -0.25) is 23.8 Å². The van der Waals surface area contributed by atoms with E-state index < -0.39 is 0 Å². The van der Waals surface area contributed by atoms with Crippen molar-refractivity contribution in [2.24, 2.45) is 0 Å². The second kappa shape index (κ2) is 10.9. The quantitative estimate of drug-likeness (QED) is 0.318. The molecule has 1 atom stereocenters. The Morgan fingerprint density at radius 2 is 1.88 bits per heavy atom. The van der Waals surface area contributed by atoms with Crippen LogP contribution in [0.15, 0.2) is 46.2 Å². The molecular weight excluding hydrogens is 546 g/mol. The van der Waals surface area contributed by atoms with E-state index >= 15 is 0 Å². The van der Waals surface area contributed by atoms with Crippen molar-refractivity contribution in [3.63, 3.8) is 0 Å². The van der Waals surface area contributed by atoms with E-state index in [2.05, 4.69) is 15.9 Å². The summed E-state index contributed by atoms with van der Waals surface area (Å²) in [6.07, 6.45) is 4.28. The predicted molar refractivity (Wildman–Crippen MR) is 161 cm³/mol. The van der Waals surface area contributed by atoms with Crippen LogP contribution in [0.5, 0.6) is 11.5 Å². The zero-order valence-electron chi connectivity index (χ0n) is 22.8. The third-order valence-electron chi connectivity index (χ3n) is 7.63. The summed E-state index contributed by atoms with van der Waals surface area (Å²) in [7, 11) is 0. The number of amides is 1. The maximum atomic E-state index is 13.8. The van der Waals surface area contributed by atoms with Crippen LogP contribution < -0.4 is 19.9 Å². The molecule has 0 radical (unpaired) electrons. The van der Waals surface area contributed by atoms with Crippen molar-refractivity contribution >= 4 is 51.7 Å². The number of carbonyl (C=O) groups is 1. The Morgan fingerprint density at radius 1 is 1.10 bits per heavy atom. The number of ether oxygens (including phenoxy) is 2. The summed E-state index contributed by atoms with van der Waals surface area (Å²) in [6.45, 7) is 10.0. The first kappa shape index (κ1) is 26.8. The van der Waals surface area contributed by atoms with Crippen molar-refractivity contribution in [2.45, 2.75) is 39.8 Å². The number of benzene rings is 1. The summed E-state index contributed by atoms with van der Waals surface area (Å²) >= 11 is 6.78. The number of thiocarbonyl (C=S) groups is 1. The molecule has 11 heteroatoms. The lowest BCUT2D eigenvalue weighted by molar-refractivity contribution is -0.123. The molecule has 2 saturated heterocycles. The van der Waals surface area contributed by atoms with Crippen molar-refractivity contribution in [3.8, 4) is 11.5 Å². The molecule has 2 aromatic heterocycles. The highest BCUT2D eigenvalue weighted by molar-refractivity contribution is 8.26. The molecule has 0 saturated carbocycles. The number of anilines is 1. The van der Waals surface area contributed by atoms with E-state index in [-0.39, 0.29) is 24.3 Å². The van der Waals surface area contributed by atoms with Gasteiger partial charge in [-0.25, -0.2) is 4.98 Å². The Bertz CT molecular complexity index is 1600. The first-order chi connectivity index (χ1) is 19.3. The minimum Gasteiger partial charge on any atom is -0.454 e. The van der Waals surface area contributed by atoms with E-state index in [1.807, 2.05) is 45.0 Å². The highest BCUT2D eigenvalue weighted by Crippen LogP contribution is 2.36. The van der Waals surface area contributed by atoms with Gasteiger partial charge in [0.2, 0.25) is 6.79 Å². The Hall–Kier alpha value is -3.41. The number of piperazine rings is 1. The van der Waals surface area contributed by atoms with Gasteiger partial charge < -0.3 is 14.4 Å². The lowest BCUT2D eigenvalue weighted by Gasteiger charge is -2.36. The Morgan fingerprint density at radius 3 is 2.65 bits per heavy atom. The van der Waals surface area contributed by atoms with Crippen LogP contribution in [-0.2, 0) is 11.3 Å². The van der Waals surface area contributed by atoms with Gasteiger partial charge >= 0.3 is 0 Å². The number of aromatic nitrogens is 2. The van der Waals surface area contributed by atoms with Gasteiger partial charge in [0.15, 0.2) is 11.5 Å². The Balaban J connectivity index is 1.29. The van der Waals surface area contributed by atoms with E-state index in [9.17, 15) is 9.59 Å². The van der Waals surface area contributed by atoms with Gasteiger partial charge in [-0.05, 0) is 55.7 Å². The van der Waals surface area contributed by atoms with E-state index in [1.165, 1.54) is 17.3 Å². The van der Waals surface area contributed by atoms with Crippen LogP contribution in [0.4, 0.5) is 5.82 Å². The molecule has 2 fully saturated rings. The smallest absolute Gasteiger partial charge is 0.267 e. The van der Waals surface area contributed by atoms with Crippen LogP contribution in [0, 0.1) is 6.92 Å². The summed E-state index contributed by atoms with van der Waals surface area (Å²) in [5.41, 5.74) is 2.92. The Kier molecular flexibility index (Phi) is 7.28. The molecular formula is C29H31N5O4S2. The molecule has 0 bridgehead atoms. The number of hydrogen-bond acceptors (Lipinski definition) is 9. The average molecular weight is 578 g/mol. The van der Waals surface area contributed by atoms with Gasteiger partial charge in [-0.1, -0.05) is 43.0 Å². The van der Waals surface area contributed by atoms with Gasteiger partial charge in [0.05, 0.1) is 10.5 Å². The molecule has 208 valence electrons. The molecule has 1 unspecified atom stereocenters. The third-order valence-corrected chi connectivity index (χ3v) is 8.96. The molecule has 40 heavy (non-hydrogen) atoms. The topological polar surface area (TPSA) is 79.6 Å². The largest absolute Gasteiger partial charge is 0.454 e. The van der Waals surface area contributed by atoms with Gasteiger partial charge in [0.1, 0.15) is 15.8 Å². The van der Waals surface area contributed by atoms with Gasteiger partial charge in [-0.15, -0.1) is 0 Å². The predicted octanol–water partition coefficient (Wildman–Crippen LogP) is 4.05. The molecule has 0 aliphatic carbocycles. The van der Waals surface area contributed by atoms with E-state index in [0.717, 1.165) is 43.1 Å². The molecule has 5 heterocycles. The minimum atomic E-state index is -0.194. The first-order valence-corrected chi connectivity index (χ1v) is 14.7. The molecule has 1 amide bonds. The number of nitrogens with zero attached hydrogens (tertiary/aromatic N) is 5. The molecule has 3 aliphatic heterocycles. The molecule has 3 aliphatic rings. The van der Waals surface area contributed by atoms with Crippen LogP contribution in [0.25, 0.3) is 11.7 Å². The van der Waals surface area contributed by atoms with E-state index in [4.69, 9.17) is 26.7 Å². The van der Waals surface area contributed by atoms with Crippen LogP contribution >= 0.6 is 24.0 Å². The maximum absolute atomic E-state index is 13.8. The van der Waals surface area contributed by atoms with Crippen LogP contribution in [0.1, 0.15) is 37.0 Å². The van der Waals surface area contributed by atoms with E-state index in [1.54, 1.807) is 21.6 Å². The second-order valence-electron chi connectivity index (χ2n) is 10.3. The molecule has 0 spiro atoms. The van der Waals surface area contributed by atoms with Gasteiger partial charge in [-0.2, -0.15) is 0 Å². The Labute approximate surface area is 242 Å². The molecule has 6 rings (SSSR count). The minimum absolute atomic E-state index is 0.00539. The molecule has 1 aromatic carbocycles. The number of aryl methyl sites for hydroxylation is 1. The van der Waals surface area contributed by atoms with Crippen molar-refractivity contribution in [1.82, 2.24) is 19.2 Å². The summed E-state index contributed by atoms with van der Waals surface area (Å²) < 4.78 is 13.1. The first-order valence-electron chi connectivity index (χ1n) is 13.5. The van der Waals surface area contributed by atoms with Crippen LogP contribution in [-0.4, -0.2) is 68.4 Å². The standard InChI is InChI=1S/C29H31N5O4S2/c1-4-19(3)34-28(36)24(40-29(34)39)14-21-26(30-25-8-5-18(2)15-33(25)27(21)35)32-11-9-31(10-12-32)16-20-6-7-22-23(13-20)38-17-37-22/h5-8,13-15,19H,4,9-12,16-17H2,1-3H3/b24-14-. The summed E-state index contributed by atoms with van der Waals surface area (Å²) in [4.78, 5) is 38.7. The average Bonchev–Trinajstić information content (AvgIpc) is 3.53. The number of carbonyl (C=O) groups excluding carboxylic acids is 1. The lowest BCUT2D eigenvalue weighted by Crippen LogP contribution is -2.47. The second-order valence-corrected chi connectivity index (χ2v) is 12.0. The van der Waals surface area contributed by atoms with Crippen LogP contribution in [0.3, 0.4) is 0 Å². The van der Waals surface area contributed by atoms with Gasteiger partial charge in [0.25, 0.3) is 11.5 Å². The van der Waals surface area contributed by atoms with Crippen molar-refractivity contribution in [1.29, 1.82) is 0 Å². The van der Waals surface area contributed by atoms with Crippen molar-refractivity contribution < 1.29 is 14.3 Å². The van der Waals surface area contributed by atoms with Crippen LogP contribution in [0.2, 0.25) is 0 Å². The fourth-order valence-corrected chi connectivity index (χ4v) is 6.65. The third kappa shape index (κ3) is 4.97. The van der Waals surface area contributed by atoms with Crippen molar-refractivity contribution in [3.05, 3.63) is 68.5 Å². The fraction of sp³-hybridized carbons (Fsp3) is 0.379. The zero-order valence-corrected chi connectivity index (χ0v) is 24.4. The number of rotatable bonds is 6. The summed E-state index contributed by atoms with van der Waals surface area (Å²) in [5, 5.41) is 0. The molecule has 3 aromatic rings. The molecule has 9 nitrogen and oxygen atoms in total. The highest BCUT2D eigenvalue weighted by atomic mass is 32.2. The number of pyridine rings is 1. The van der Waals surface area contributed by atoms with E-state index in [0.29, 0.717) is 39.3 Å². The molecule has 0 N–H and O–H groups in total. The normalized spacial score (nSPS) is 19.3. The lowest BCUT2D eigenvalue weighted by atomic mass is 10.1. The zero-order chi connectivity index (χ0) is 28.0. The van der Waals surface area contributed by atoms with Crippen molar-refractivity contribution in [2.75, 3.05) is 37.9 Å². The summed E-state index contributed by atoms with van der Waals surface area (Å²) in [6, 6.07) is 9.87. The SMILES string of the molecule is CCC(C)N1C(=O)/C(=C/c2c(N3CCN(Cc4ccc5c(c4)OCO5)CC3)nc3ccc(C)cn3c2=O)SC1=S. The fourth-order valence-electron chi connectivity index (χ4n) is 5.20. The summed E-state index contributed by atoms with van der Waals surface area (Å²) in [5.74, 6) is 2.02. The monoisotopic (exact) mass is 577 g/mol. The number of thioether (sulfide) groups is 1. The number of hydrogen-bond donors (Lipinski definition) is 0. The maximum Gasteiger partial charge on any atom is 0.267 e. The van der Waals surface area contributed by atoms with Gasteiger partial charge in [0, 0.05) is 45.0 Å². The number of fused-ring (bicyclic) bond motifs is 2.